The van der Waals surface area contributed by atoms with Gasteiger partial charge in [0.15, 0.2) is 0 Å². The Labute approximate surface area is 374 Å². The molecule has 8 saturated carbocycles. The van der Waals surface area contributed by atoms with Gasteiger partial charge in [-0.25, -0.2) is 0 Å². The fourth-order valence-corrected chi connectivity index (χ4v) is 13.6. The zero-order valence-electron chi connectivity index (χ0n) is 38.9. The van der Waals surface area contributed by atoms with Gasteiger partial charge in [0.2, 0.25) is 0 Å². The molecule has 0 spiro atoms. The first-order valence-electron chi connectivity index (χ1n) is 24.6. The molecule has 0 amide bonds. The van der Waals surface area contributed by atoms with Crippen molar-refractivity contribution < 1.29 is 36.1 Å². The van der Waals surface area contributed by atoms with E-state index in [0.717, 1.165) is 35.1 Å². The number of hydrogen-bond donors (Lipinski definition) is 6. The van der Waals surface area contributed by atoms with Gasteiger partial charge >= 0.3 is 0 Å². The summed E-state index contributed by atoms with van der Waals surface area (Å²) in [4.78, 5) is 0. The van der Waals surface area contributed by atoms with Gasteiger partial charge in [-0.2, -0.15) is 0 Å². The van der Waals surface area contributed by atoms with Gasteiger partial charge in [0.1, 0.15) is 0 Å². The molecule has 7 heteroatoms. The summed E-state index contributed by atoms with van der Waals surface area (Å²) in [7, 11) is 0. The Bertz CT molecular complexity index is 1790. The molecule has 0 radical (unpaired) electrons. The Morgan fingerprint density at radius 3 is 1.66 bits per heavy atom. The maximum Gasteiger partial charge on any atom is 0.0811 e. The second-order valence-corrected chi connectivity index (χ2v) is 22.1. The maximum absolute atomic E-state index is 10.3. The van der Waals surface area contributed by atoms with Gasteiger partial charge < -0.3 is 36.1 Å². The van der Waals surface area contributed by atoms with Crippen molar-refractivity contribution in [3.05, 3.63) is 95.2 Å². The van der Waals surface area contributed by atoms with Crippen molar-refractivity contribution in [2.75, 3.05) is 0 Å². The maximum atomic E-state index is 10.3. The summed E-state index contributed by atoms with van der Waals surface area (Å²) in [5.41, 5.74) is 7.35. The topological polar surface area (TPSA) is 153 Å². The van der Waals surface area contributed by atoms with Crippen LogP contribution < -0.4 is 0 Å². The van der Waals surface area contributed by atoms with Gasteiger partial charge in [0.25, 0.3) is 0 Å². The van der Waals surface area contributed by atoms with Gasteiger partial charge in [-0.05, 0) is 183 Å². The predicted molar refractivity (Wildman–Crippen MR) is 252 cm³/mol. The number of allylic oxidation sites excluding steroid dienone is 8. The van der Waals surface area contributed by atoms with Crippen LogP contribution in [0.2, 0.25) is 0 Å². The van der Waals surface area contributed by atoms with Crippen LogP contribution in [0.15, 0.2) is 95.2 Å². The van der Waals surface area contributed by atoms with Crippen molar-refractivity contribution in [2.24, 2.45) is 57.7 Å². The summed E-state index contributed by atoms with van der Waals surface area (Å²) < 4.78 is 0. The lowest BCUT2D eigenvalue weighted by Crippen LogP contribution is -2.42. The van der Waals surface area contributed by atoms with Gasteiger partial charge in [-0.1, -0.05) is 108 Å². The van der Waals surface area contributed by atoms with E-state index in [9.17, 15) is 30.6 Å². The average molecular weight is 857 g/mol. The third kappa shape index (κ3) is 10.4. The second kappa shape index (κ2) is 20.0. The molecule has 0 aliphatic heterocycles. The fraction of sp³-hybridized carbons (Fsp3) is 0.709. The second-order valence-electron chi connectivity index (χ2n) is 22.1. The van der Waals surface area contributed by atoms with Crippen LogP contribution in [0.1, 0.15) is 150 Å². The van der Waals surface area contributed by atoms with Crippen LogP contribution in [0, 0.1) is 57.7 Å². The number of fused-ring (bicyclic) bond motifs is 2. The third-order valence-electron chi connectivity index (χ3n) is 18.1. The van der Waals surface area contributed by atoms with E-state index in [1.807, 2.05) is 0 Å². The van der Waals surface area contributed by atoms with Crippen molar-refractivity contribution in [1.29, 1.82) is 0 Å². The van der Waals surface area contributed by atoms with Crippen molar-refractivity contribution in [1.82, 2.24) is 0 Å². The van der Waals surface area contributed by atoms with E-state index in [2.05, 4.69) is 96.4 Å². The highest BCUT2D eigenvalue weighted by atomic mass is 16.3. The molecule has 8 fully saturated rings. The molecule has 7 nitrogen and oxygen atoms in total. The molecule has 0 unspecified atom stereocenters. The van der Waals surface area contributed by atoms with Crippen LogP contribution in [-0.4, -0.2) is 72.7 Å². The van der Waals surface area contributed by atoms with Crippen molar-refractivity contribution >= 4 is 0 Å². The largest absolute Gasteiger partial charge is 0.412 e. The summed E-state index contributed by atoms with van der Waals surface area (Å²) in [5, 5.41) is 60.9. The summed E-state index contributed by atoms with van der Waals surface area (Å²) in [6.45, 7) is 20.3. The predicted octanol–water partition coefficient (Wildman–Crippen LogP) is 9.75. The molecule has 8 aliphatic carbocycles. The number of aliphatic hydroxyl groups is 6. The molecule has 0 aromatic rings. The summed E-state index contributed by atoms with van der Waals surface area (Å²) in [6, 6.07) is 0. The van der Waals surface area contributed by atoms with Gasteiger partial charge in [-0.3, -0.25) is 0 Å². The summed E-state index contributed by atoms with van der Waals surface area (Å²) >= 11 is 0. The SMILES string of the molecule is C=C1/C(=C\C=C2/CCC[C@]3(C)[C@@H]([C@H](C)/C=C/[C@@H](O)C4CC4)CC[C@@H]23)C[C@@H](O)C[C@@H]1O.C=C1/C(=C\C=C2/CCC[C@]3(C)[C@@H]([C@H](C)/C=C/[C@@H](O)C4CC4)CC[C@@]23C)C[C@@H](O)C[C@@H]1O.O. The highest BCUT2D eigenvalue weighted by molar-refractivity contribution is 5.40. The molecule has 8 N–H and O–H groups in total. The van der Waals surface area contributed by atoms with Crippen molar-refractivity contribution in [3.8, 4) is 0 Å². The Hall–Kier alpha value is -2.36. The molecule has 8 aliphatic rings. The highest BCUT2D eigenvalue weighted by Crippen LogP contribution is 2.67. The van der Waals surface area contributed by atoms with Gasteiger partial charge in [0.05, 0.1) is 36.6 Å². The first kappa shape index (κ1) is 49.1. The minimum atomic E-state index is -0.630. The minimum absolute atomic E-state index is 0. The molecule has 0 heterocycles. The standard InChI is InChI=1S/C28H42O3.C27H40O3.H2O/c1-18(7-12-25(30)20-8-9-20)24-13-15-27(3)22(6-5-14-28(24,27)4)11-10-21-16-23(29)17-26(31)19(21)2;1-17(6-13-25(29)20-8-9-20)23-11-12-24-19(5-4-14-27(23,24)3)7-10-21-15-22(28)16-26(30)18(21)2;/h7,10-12,18,20,23-26,29-31H,2,5-6,8-9,13-17H2,1,3-4H3;6-7,10,13,17,20,22-26,28-30H,2,4-5,8-9,11-12,14-16H2,1,3H3;1H2/b12-7+,21-10-,22-11+;13-6+,19-7+,21-10-;/t18-,23-,24-,25-,26+,27+,28-;17-,22-,23-,24+,25-,26+,27-;/m11./s1. The lowest BCUT2D eigenvalue weighted by atomic mass is 9.53. The van der Waals surface area contributed by atoms with Crippen molar-refractivity contribution in [2.45, 2.75) is 187 Å². The fourth-order valence-electron chi connectivity index (χ4n) is 13.6. The van der Waals surface area contributed by atoms with E-state index in [1.54, 1.807) is 0 Å². The monoisotopic (exact) mass is 857 g/mol. The summed E-state index contributed by atoms with van der Waals surface area (Å²) in [5.74, 6) is 3.88. The van der Waals surface area contributed by atoms with E-state index < -0.39 is 24.4 Å². The quantitative estimate of drug-likeness (QED) is 0.120. The van der Waals surface area contributed by atoms with Crippen LogP contribution in [0.25, 0.3) is 0 Å². The Morgan fingerprint density at radius 2 is 1.11 bits per heavy atom. The molecule has 8 rings (SSSR count). The van der Waals surface area contributed by atoms with E-state index in [1.165, 1.54) is 88.2 Å². The van der Waals surface area contributed by atoms with Crippen LogP contribution in [-0.2, 0) is 0 Å². The molecule has 0 bridgehead atoms. The zero-order valence-corrected chi connectivity index (χ0v) is 38.9. The van der Waals surface area contributed by atoms with Crippen molar-refractivity contribution in [3.63, 3.8) is 0 Å². The average Bonchev–Trinajstić information content (AvgIpc) is 4.16. The highest BCUT2D eigenvalue weighted by Gasteiger charge is 2.58. The Morgan fingerprint density at radius 1 is 0.597 bits per heavy atom. The smallest absolute Gasteiger partial charge is 0.0811 e. The van der Waals surface area contributed by atoms with Crippen LogP contribution in [0.4, 0.5) is 0 Å². The molecular formula is C55H84O7. The van der Waals surface area contributed by atoms with E-state index in [0.29, 0.717) is 72.5 Å². The normalized spacial score (nSPS) is 42.1. The lowest BCUT2D eigenvalue weighted by Gasteiger charge is -2.51. The Balaban J connectivity index is 0.000000204. The summed E-state index contributed by atoms with van der Waals surface area (Å²) in [6.07, 6.45) is 33.7. The minimum Gasteiger partial charge on any atom is -0.412 e. The molecule has 0 aromatic heterocycles. The molecule has 14 atom stereocenters. The first-order valence-corrected chi connectivity index (χ1v) is 24.6. The zero-order chi connectivity index (χ0) is 43.9. The van der Waals surface area contributed by atoms with Crippen LogP contribution >= 0.6 is 0 Å². The van der Waals surface area contributed by atoms with E-state index >= 15 is 0 Å². The van der Waals surface area contributed by atoms with Gasteiger partial charge in [0, 0.05) is 12.8 Å². The lowest BCUT2D eigenvalue weighted by molar-refractivity contribution is 0.0455. The first-order chi connectivity index (χ1) is 28.9. The molecule has 62 heavy (non-hydrogen) atoms. The number of rotatable bonds is 10. The van der Waals surface area contributed by atoms with E-state index in [-0.39, 0.29) is 28.5 Å². The molecule has 346 valence electrons. The molecule has 0 saturated heterocycles. The van der Waals surface area contributed by atoms with Crippen LogP contribution in [0.5, 0.6) is 0 Å². The third-order valence-corrected chi connectivity index (χ3v) is 18.1. The number of aliphatic hydroxyl groups excluding tert-OH is 6. The Kier molecular flexibility index (Phi) is 15.9. The molecule has 0 aromatic carbocycles. The van der Waals surface area contributed by atoms with Gasteiger partial charge in [-0.15, -0.1) is 0 Å². The van der Waals surface area contributed by atoms with Crippen LogP contribution in [0.3, 0.4) is 0 Å². The number of hydrogen-bond acceptors (Lipinski definition) is 6. The van der Waals surface area contributed by atoms with E-state index in [4.69, 9.17) is 0 Å². The molecular weight excluding hydrogens is 773 g/mol.